The maximum atomic E-state index is 12.2. The highest BCUT2D eigenvalue weighted by molar-refractivity contribution is 7.91. The van der Waals surface area contributed by atoms with Gasteiger partial charge in [-0.3, -0.25) is 4.79 Å². The van der Waals surface area contributed by atoms with E-state index >= 15 is 0 Å². The van der Waals surface area contributed by atoms with E-state index in [1.165, 1.54) is 0 Å². The summed E-state index contributed by atoms with van der Waals surface area (Å²) in [6.07, 6.45) is 0.477. The summed E-state index contributed by atoms with van der Waals surface area (Å²) in [5, 5.41) is 2.82. The first-order valence-corrected chi connectivity index (χ1v) is 9.59. The highest BCUT2D eigenvalue weighted by Gasteiger charge is 2.15. The van der Waals surface area contributed by atoms with Crippen LogP contribution >= 0.6 is 0 Å². The Balaban J connectivity index is 1.89. The van der Waals surface area contributed by atoms with Crippen molar-refractivity contribution in [3.05, 3.63) is 59.2 Å². The number of aryl methyl sites for hydroxylation is 3. The first-order chi connectivity index (χ1) is 11.3. The van der Waals surface area contributed by atoms with E-state index in [9.17, 15) is 13.2 Å². The first-order valence-electron chi connectivity index (χ1n) is 7.94. The van der Waals surface area contributed by atoms with Crippen molar-refractivity contribution >= 4 is 21.4 Å². The van der Waals surface area contributed by atoms with Gasteiger partial charge in [0.15, 0.2) is 9.84 Å². The average molecular weight is 345 g/mol. The minimum Gasteiger partial charge on any atom is -0.326 e. The molecule has 5 heteroatoms. The van der Waals surface area contributed by atoms with Gasteiger partial charge in [0.05, 0.1) is 10.6 Å². The molecular formula is C19H23NO3S. The molecule has 0 bridgehead atoms. The Hall–Kier alpha value is -2.14. The van der Waals surface area contributed by atoms with Crippen LogP contribution in [0, 0.1) is 20.8 Å². The molecule has 1 N–H and O–H groups in total. The van der Waals surface area contributed by atoms with Crippen LogP contribution < -0.4 is 5.32 Å². The Morgan fingerprint density at radius 2 is 1.50 bits per heavy atom. The maximum absolute atomic E-state index is 12.2. The second-order valence-corrected chi connectivity index (χ2v) is 8.27. The van der Waals surface area contributed by atoms with Crippen molar-refractivity contribution in [2.45, 2.75) is 38.5 Å². The summed E-state index contributed by atoms with van der Waals surface area (Å²) in [7, 11) is -3.34. The molecule has 0 aromatic heterocycles. The van der Waals surface area contributed by atoms with Gasteiger partial charge in [0, 0.05) is 12.1 Å². The lowest BCUT2D eigenvalue weighted by atomic mass is 10.1. The van der Waals surface area contributed by atoms with Crippen molar-refractivity contribution < 1.29 is 13.2 Å². The van der Waals surface area contributed by atoms with Crippen molar-refractivity contribution in [3.8, 4) is 0 Å². The molecule has 1 amide bonds. The van der Waals surface area contributed by atoms with E-state index in [2.05, 4.69) is 5.32 Å². The van der Waals surface area contributed by atoms with Crippen LogP contribution in [0.15, 0.2) is 47.4 Å². The fourth-order valence-corrected chi connectivity index (χ4v) is 3.87. The van der Waals surface area contributed by atoms with Crippen LogP contribution in [-0.4, -0.2) is 20.1 Å². The Morgan fingerprint density at radius 3 is 2.08 bits per heavy atom. The summed E-state index contributed by atoms with van der Waals surface area (Å²) in [5.74, 6) is -0.199. The monoisotopic (exact) mass is 345 g/mol. The normalized spacial score (nSPS) is 11.3. The van der Waals surface area contributed by atoms with Crippen molar-refractivity contribution in [1.82, 2.24) is 0 Å². The molecule has 0 saturated carbocycles. The minimum absolute atomic E-state index is 0.0314. The molecule has 0 heterocycles. The van der Waals surface area contributed by atoms with Gasteiger partial charge in [0.2, 0.25) is 5.91 Å². The van der Waals surface area contributed by atoms with E-state index < -0.39 is 9.84 Å². The van der Waals surface area contributed by atoms with Gasteiger partial charge in [-0.25, -0.2) is 8.42 Å². The fraction of sp³-hybridized carbons (Fsp3) is 0.316. The number of anilines is 1. The zero-order valence-corrected chi connectivity index (χ0v) is 15.1. The quantitative estimate of drug-likeness (QED) is 0.866. The van der Waals surface area contributed by atoms with Gasteiger partial charge in [-0.05, 0) is 62.6 Å². The Kier molecular flexibility index (Phi) is 5.78. The molecule has 0 aliphatic heterocycles. The predicted molar refractivity (Wildman–Crippen MR) is 97.0 cm³/mol. The van der Waals surface area contributed by atoms with Gasteiger partial charge < -0.3 is 5.32 Å². The lowest BCUT2D eigenvalue weighted by Gasteiger charge is -2.08. The maximum Gasteiger partial charge on any atom is 0.224 e. The average Bonchev–Trinajstić information content (AvgIpc) is 2.46. The van der Waals surface area contributed by atoms with E-state index in [-0.39, 0.29) is 18.1 Å². The minimum atomic E-state index is -3.34. The third-order valence-electron chi connectivity index (χ3n) is 3.70. The fourth-order valence-electron chi connectivity index (χ4n) is 2.56. The summed E-state index contributed by atoms with van der Waals surface area (Å²) in [6.45, 7) is 5.85. The van der Waals surface area contributed by atoms with Gasteiger partial charge in [-0.2, -0.15) is 0 Å². The summed E-state index contributed by atoms with van der Waals surface area (Å²) >= 11 is 0. The van der Waals surface area contributed by atoms with Crippen LogP contribution in [-0.2, 0) is 14.6 Å². The SMILES string of the molecule is Cc1ccc(S(=O)(=O)CCCC(=O)Nc2cc(C)cc(C)c2)cc1. The summed E-state index contributed by atoms with van der Waals surface area (Å²) in [6, 6.07) is 12.6. The summed E-state index contributed by atoms with van der Waals surface area (Å²) < 4.78 is 24.5. The van der Waals surface area contributed by atoms with Crippen LogP contribution in [0.4, 0.5) is 5.69 Å². The highest BCUT2D eigenvalue weighted by atomic mass is 32.2. The molecule has 0 aliphatic carbocycles. The van der Waals surface area contributed by atoms with E-state index in [0.717, 1.165) is 22.4 Å². The summed E-state index contributed by atoms with van der Waals surface area (Å²) in [5.41, 5.74) is 3.92. The number of hydrogen-bond donors (Lipinski definition) is 1. The van der Waals surface area contributed by atoms with Crippen LogP contribution in [0.3, 0.4) is 0 Å². The van der Waals surface area contributed by atoms with Crippen molar-refractivity contribution in [3.63, 3.8) is 0 Å². The second kappa shape index (κ2) is 7.62. The van der Waals surface area contributed by atoms with E-state index in [1.54, 1.807) is 24.3 Å². The largest absolute Gasteiger partial charge is 0.326 e. The lowest BCUT2D eigenvalue weighted by Crippen LogP contribution is -2.14. The Morgan fingerprint density at radius 1 is 0.917 bits per heavy atom. The first kappa shape index (κ1) is 18.2. The number of hydrogen-bond acceptors (Lipinski definition) is 3. The molecule has 128 valence electrons. The molecule has 0 fully saturated rings. The molecule has 0 unspecified atom stereocenters. The standard InChI is InChI=1S/C19H23NO3S/c1-14-6-8-18(9-7-14)24(22,23)10-4-5-19(21)20-17-12-15(2)11-16(3)13-17/h6-9,11-13H,4-5,10H2,1-3H3,(H,20,21). The van der Waals surface area contributed by atoms with Crippen molar-refractivity contribution in [2.24, 2.45) is 0 Å². The molecule has 2 aromatic carbocycles. The number of sulfone groups is 1. The van der Waals surface area contributed by atoms with E-state index in [4.69, 9.17) is 0 Å². The van der Waals surface area contributed by atoms with Gasteiger partial charge >= 0.3 is 0 Å². The highest BCUT2D eigenvalue weighted by Crippen LogP contribution is 2.16. The molecule has 0 radical (unpaired) electrons. The number of carbonyl (C=O) groups is 1. The molecule has 2 rings (SSSR count). The molecule has 4 nitrogen and oxygen atoms in total. The van der Waals surface area contributed by atoms with Gasteiger partial charge in [0.25, 0.3) is 0 Å². The number of nitrogens with one attached hydrogen (secondary N) is 1. The van der Waals surface area contributed by atoms with E-state index in [0.29, 0.717) is 11.3 Å². The third-order valence-corrected chi connectivity index (χ3v) is 5.52. The van der Waals surface area contributed by atoms with Gasteiger partial charge in [0.1, 0.15) is 0 Å². The molecule has 24 heavy (non-hydrogen) atoms. The smallest absolute Gasteiger partial charge is 0.224 e. The molecule has 0 saturated heterocycles. The number of rotatable bonds is 6. The lowest BCUT2D eigenvalue weighted by molar-refractivity contribution is -0.116. The topological polar surface area (TPSA) is 63.2 Å². The molecule has 0 atom stereocenters. The molecular weight excluding hydrogens is 322 g/mol. The second-order valence-electron chi connectivity index (χ2n) is 6.16. The summed E-state index contributed by atoms with van der Waals surface area (Å²) in [4.78, 5) is 12.3. The molecule has 0 aliphatic rings. The van der Waals surface area contributed by atoms with E-state index in [1.807, 2.05) is 39.0 Å². The Labute approximate surface area is 143 Å². The van der Waals surface area contributed by atoms with Gasteiger partial charge in [-0.15, -0.1) is 0 Å². The number of benzene rings is 2. The zero-order valence-electron chi connectivity index (χ0n) is 14.3. The van der Waals surface area contributed by atoms with Crippen LogP contribution in [0.25, 0.3) is 0 Å². The molecule has 0 spiro atoms. The third kappa shape index (κ3) is 5.20. The van der Waals surface area contributed by atoms with Crippen LogP contribution in [0.1, 0.15) is 29.5 Å². The van der Waals surface area contributed by atoms with Crippen molar-refractivity contribution in [1.29, 1.82) is 0 Å². The molecule has 2 aromatic rings. The van der Waals surface area contributed by atoms with Crippen LogP contribution in [0.5, 0.6) is 0 Å². The Bertz CT molecular complexity index is 804. The number of carbonyl (C=O) groups excluding carboxylic acids is 1. The number of amides is 1. The predicted octanol–water partition coefficient (Wildman–Crippen LogP) is 3.80. The van der Waals surface area contributed by atoms with Crippen LogP contribution in [0.2, 0.25) is 0 Å². The zero-order chi connectivity index (χ0) is 17.7. The van der Waals surface area contributed by atoms with Crippen molar-refractivity contribution in [2.75, 3.05) is 11.1 Å². The van der Waals surface area contributed by atoms with Gasteiger partial charge in [-0.1, -0.05) is 23.8 Å².